The Kier molecular flexibility index (Phi) is 35.2. The third-order valence-electron chi connectivity index (χ3n) is 12.8. The first-order valence-corrected chi connectivity index (χ1v) is 26.1. The van der Waals surface area contributed by atoms with Crippen molar-refractivity contribution in [3.05, 3.63) is 0 Å². The fraction of sp³-hybridized carbons (Fsp3) is 0.960. The Morgan fingerprint density at radius 1 is 0.431 bits per heavy atom. The highest BCUT2D eigenvalue weighted by molar-refractivity contribution is 5.70. The van der Waals surface area contributed by atoms with Crippen molar-refractivity contribution in [3.63, 3.8) is 0 Å². The number of hydrogen-bond donors (Lipinski definition) is 7. The molecule has 2 saturated heterocycles. The Morgan fingerprint density at radius 3 is 1.20 bits per heavy atom. The molecule has 2 aliphatic rings. The summed E-state index contributed by atoms with van der Waals surface area (Å²) in [5.74, 6) is -0.912. The van der Waals surface area contributed by atoms with Crippen LogP contribution in [0.25, 0.3) is 0 Å². The van der Waals surface area contributed by atoms with Gasteiger partial charge < -0.3 is 64.2 Å². The molecule has 0 aliphatic carbocycles. The van der Waals surface area contributed by atoms with Crippen LogP contribution in [0.4, 0.5) is 0 Å². The monoisotopic (exact) mass is 935 g/mol. The van der Waals surface area contributed by atoms with Gasteiger partial charge in [-0.25, -0.2) is 0 Å². The van der Waals surface area contributed by atoms with Gasteiger partial charge in [0, 0.05) is 12.8 Å². The zero-order valence-corrected chi connectivity index (χ0v) is 40.5. The number of aliphatic hydroxyl groups excluding tert-OH is 7. The van der Waals surface area contributed by atoms with Crippen LogP contribution in [0.5, 0.6) is 0 Å². The molecule has 2 fully saturated rings. The van der Waals surface area contributed by atoms with E-state index in [2.05, 4.69) is 13.8 Å². The fourth-order valence-electron chi connectivity index (χ4n) is 8.51. The minimum absolute atomic E-state index is 0.173. The maximum Gasteiger partial charge on any atom is 0.306 e. The van der Waals surface area contributed by atoms with Crippen molar-refractivity contribution in [2.45, 2.75) is 280 Å². The average molecular weight is 935 g/mol. The molecule has 15 heteroatoms. The zero-order chi connectivity index (χ0) is 47.5. The number of rotatable bonds is 41. The standard InChI is InChI=1S/C50H94O15/c1-3-5-7-9-11-13-15-16-17-18-19-20-21-22-23-25-27-29-31-33-42(53)63-38(35-60-41(52)32-30-28-26-24-14-12-10-8-6-4-2)36-61-49-48(59)46(57)44(55)40(65-49)37-62-50-47(58)45(56)43(54)39(34-51)64-50/h38-40,43-51,54-59H,3-37H2,1-2H3. The Labute approximate surface area is 391 Å². The Bertz CT molecular complexity index is 1150. The molecule has 384 valence electrons. The zero-order valence-electron chi connectivity index (χ0n) is 40.5. The second-order valence-corrected chi connectivity index (χ2v) is 18.7. The predicted molar refractivity (Wildman–Crippen MR) is 248 cm³/mol. The van der Waals surface area contributed by atoms with Crippen molar-refractivity contribution in [1.82, 2.24) is 0 Å². The van der Waals surface area contributed by atoms with Crippen LogP contribution in [0.15, 0.2) is 0 Å². The topological polar surface area (TPSA) is 231 Å². The van der Waals surface area contributed by atoms with Gasteiger partial charge in [-0.2, -0.15) is 0 Å². The lowest BCUT2D eigenvalue weighted by atomic mass is 9.98. The van der Waals surface area contributed by atoms with Gasteiger partial charge in [0.05, 0.1) is 19.8 Å². The van der Waals surface area contributed by atoms with Crippen molar-refractivity contribution < 1.29 is 73.8 Å². The SMILES string of the molecule is CCCCCCCCCCCCCCCCCCCCCC(=O)OC(COC(=O)CCCCCCCCCCCC)COC1OC(COC2OC(CO)C(O)C(O)C2O)C(O)C(O)C1O. The normalized spacial score (nSPS) is 26.3. The highest BCUT2D eigenvalue weighted by Crippen LogP contribution is 2.27. The minimum Gasteiger partial charge on any atom is -0.462 e. The van der Waals surface area contributed by atoms with Gasteiger partial charge in [-0.05, 0) is 12.8 Å². The summed E-state index contributed by atoms with van der Waals surface area (Å²) in [6.45, 7) is 2.61. The molecule has 2 heterocycles. The Morgan fingerprint density at radius 2 is 0.785 bits per heavy atom. The van der Waals surface area contributed by atoms with Gasteiger partial charge in [-0.15, -0.1) is 0 Å². The van der Waals surface area contributed by atoms with E-state index in [1.807, 2.05) is 0 Å². The number of carbonyl (C=O) groups is 2. The largest absolute Gasteiger partial charge is 0.462 e. The van der Waals surface area contributed by atoms with Crippen LogP contribution >= 0.6 is 0 Å². The van der Waals surface area contributed by atoms with Crippen LogP contribution in [0, 0.1) is 0 Å². The summed E-state index contributed by atoms with van der Waals surface area (Å²) in [5.41, 5.74) is 0. The van der Waals surface area contributed by atoms with Crippen LogP contribution in [-0.4, -0.2) is 142 Å². The van der Waals surface area contributed by atoms with E-state index < -0.39 is 92.7 Å². The lowest BCUT2D eigenvalue weighted by molar-refractivity contribution is -0.332. The first-order chi connectivity index (χ1) is 31.5. The van der Waals surface area contributed by atoms with Crippen molar-refractivity contribution in [2.24, 2.45) is 0 Å². The highest BCUT2D eigenvalue weighted by Gasteiger charge is 2.47. The van der Waals surface area contributed by atoms with Gasteiger partial charge in [0.25, 0.3) is 0 Å². The van der Waals surface area contributed by atoms with Gasteiger partial charge in [-0.1, -0.05) is 187 Å². The summed E-state index contributed by atoms with van der Waals surface area (Å²) in [5, 5.41) is 72.0. The van der Waals surface area contributed by atoms with E-state index in [-0.39, 0.29) is 26.1 Å². The van der Waals surface area contributed by atoms with Crippen LogP contribution < -0.4 is 0 Å². The van der Waals surface area contributed by atoms with Crippen LogP contribution in [0.3, 0.4) is 0 Å². The molecule has 2 rings (SSSR count). The third-order valence-corrected chi connectivity index (χ3v) is 12.8. The molecular weight excluding hydrogens is 841 g/mol. The van der Waals surface area contributed by atoms with E-state index in [4.69, 9.17) is 28.4 Å². The van der Waals surface area contributed by atoms with Crippen LogP contribution in [0.2, 0.25) is 0 Å². The highest BCUT2D eigenvalue weighted by atomic mass is 16.7. The van der Waals surface area contributed by atoms with Gasteiger partial charge in [-0.3, -0.25) is 9.59 Å². The second-order valence-electron chi connectivity index (χ2n) is 18.7. The molecule has 0 saturated carbocycles. The quantitative estimate of drug-likeness (QED) is 0.0237. The number of hydrogen-bond acceptors (Lipinski definition) is 15. The second kappa shape index (κ2) is 38.4. The maximum atomic E-state index is 13.0. The molecule has 0 radical (unpaired) electrons. The minimum atomic E-state index is -1.76. The van der Waals surface area contributed by atoms with Gasteiger partial charge >= 0.3 is 11.9 Å². The van der Waals surface area contributed by atoms with Gasteiger partial charge in [0.2, 0.25) is 0 Å². The number of carbonyl (C=O) groups excluding carboxylic acids is 2. The Hall–Kier alpha value is -1.50. The van der Waals surface area contributed by atoms with E-state index in [0.29, 0.717) is 12.8 Å². The molecule has 7 N–H and O–H groups in total. The molecule has 65 heavy (non-hydrogen) atoms. The number of aliphatic hydroxyl groups is 7. The molecule has 11 unspecified atom stereocenters. The number of ether oxygens (including phenoxy) is 6. The molecule has 0 aromatic carbocycles. The molecule has 15 nitrogen and oxygen atoms in total. The van der Waals surface area contributed by atoms with Gasteiger partial charge in [0.15, 0.2) is 18.7 Å². The van der Waals surface area contributed by atoms with Crippen molar-refractivity contribution in [3.8, 4) is 0 Å². The third kappa shape index (κ3) is 26.7. The smallest absolute Gasteiger partial charge is 0.306 e. The maximum absolute atomic E-state index is 13.0. The van der Waals surface area contributed by atoms with E-state index in [1.54, 1.807) is 0 Å². The van der Waals surface area contributed by atoms with E-state index in [1.165, 1.54) is 135 Å². The molecular formula is C50H94O15. The molecule has 0 spiro atoms. The lowest BCUT2D eigenvalue weighted by Gasteiger charge is -2.42. The van der Waals surface area contributed by atoms with Crippen molar-refractivity contribution in [1.29, 1.82) is 0 Å². The fourth-order valence-corrected chi connectivity index (χ4v) is 8.51. The van der Waals surface area contributed by atoms with Crippen LogP contribution in [0.1, 0.15) is 213 Å². The van der Waals surface area contributed by atoms with E-state index in [9.17, 15) is 45.3 Å². The van der Waals surface area contributed by atoms with Gasteiger partial charge in [0.1, 0.15) is 55.4 Å². The summed E-state index contributed by atoms with van der Waals surface area (Å²) >= 11 is 0. The summed E-state index contributed by atoms with van der Waals surface area (Å²) in [6.07, 6.45) is 18.6. The van der Waals surface area contributed by atoms with Crippen molar-refractivity contribution in [2.75, 3.05) is 26.4 Å². The molecule has 11 atom stereocenters. The van der Waals surface area contributed by atoms with E-state index in [0.717, 1.165) is 38.5 Å². The summed E-state index contributed by atoms with van der Waals surface area (Å²) in [4.78, 5) is 25.7. The van der Waals surface area contributed by atoms with E-state index >= 15 is 0 Å². The first-order valence-electron chi connectivity index (χ1n) is 26.1. The van der Waals surface area contributed by atoms with Crippen LogP contribution in [-0.2, 0) is 38.0 Å². The molecule has 0 aromatic rings. The van der Waals surface area contributed by atoms with Crippen molar-refractivity contribution >= 4 is 11.9 Å². The molecule has 0 aromatic heterocycles. The molecule has 2 aliphatic heterocycles. The average Bonchev–Trinajstić information content (AvgIpc) is 3.30. The molecule has 0 bridgehead atoms. The molecule has 0 amide bonds. The predicted octanol–water partition coefficient (Wildman–Crippen LogP) is 7.22. The summed E-state index contributed by atoms with van der Waals surface area (Å²) in [7, 11) is 0. The first kappa shape index (κ1) is 59.6. The summed E-state index contributed by atoms with van der Waals surface area (Å²) in [6, 6.07) is 0. The number of esters is 2. The number of unbranched alkanes of at least 4 members (excludes halogenated alkanes) is 27. The lowest BCUT2D eigenvalue weighted by Crippen LogP contribution is -2.61. The summed E-state index contributed by atoms with van der Waals surface area (Å²) < 4.78 is 33.6. The Balaban J connectivity index is 1.77.